The van der Waals surface area contributed by atoms with Crippen molar-refractivity contribution in [3.05, 3.63) is 60.8 Å². The fourth-order valence-electron chi connectivity index (χ4n) is 11.0. The Morgan fingerprint density at radius 1 is 0.241 bits per heavy atom. The van der Waals surface area contributed by atoms with Crippen LogP contribution in [-0.4, -0.2) is 37.2 Å². The van der Waals surface area contributed by atoms with Gasteiger partial charge in [-0.3, -0.25) is 14.4 Å². The number of carbonyl (C=O) groups is 3. The first-order chi connectivity index (χ1) is 41.0. The molecule has 0 aromatic carbocycles. The van der Waals surface area contributed by atoms with Crippen molar-refractivity contribution < 1.29 is 28.6 Å². The molecular formula is C77H140O6. The highest BCUT2D eigenvalue weighted by molar-refractivity contribution is 5.71. The van der Waals surface area contributed by atoms with Crippen LogP contribution in [0.5, 0.6) is 0 Å². The van der Waals surface area contributed by atoms with Crippen LogP contribution in [0.3, 0.4) is 0 Å². The van der Waals surface area contributed by atoms with Crippen LogP contribution in [-0.2, 0) is 28.6 Å². The van der Waals surface area contributed by atoms with E-state index in [1.807, 2.05) is 0 Å². The lowest BCUT2D eigenvalue weighted by molar-refractivity contribution is -0.167. The van der Waals surface area contributed by atoms with E-state index in [-0.39, 0.29) is 31.1 Å². The minimum absolute atomic E-state index is 0.0809. The molecule has 6 heteroatoms. The number of ether oxygens (including phenoxy) is 3. The Morgan fingerprint density at radius 2 is 0.434 bits per heavy atom. The second-order valence-corrected chi connectivity index (χ2v) is 24.9. The highest BCUT2D eigenvalue weighted by Crippen LogP contribution is 2.18. The molecule has 6 nitrogen and oxygen atoms in total. The Balaban J connectivity index is 4.24. The van der Waals surface area contributed by atoms with Crippen LogP contribution in [0, 0.1) is 0 Å². The van der Waals surface area contributed by atoms with Gasteiger partial charge in [-0.1, -0.05) is 345 Å². The van der Waals surface area contributed by atoms with Gasteiger partial charge in [0.1, 0.15) is 13.2 Å². The van der Waals surface area contributed by atoms with Crippen LogP contribution in [0.25, 0.3) is 0 Å². The average molecular weight is 1160 g/mol. The van der Waals surface area contributed by atoms with Crippen molar-refractivity contribution >= 4 is 17.9 Å². The lowest BCUT2D eigenvalue weighted by Gasteiger charge is -2.18. The molecule has 484 valence electrons. The summed E-state index contributed by atoms with van der Waals surface area (Å²) in [5.41, 5.74) is 0. The Labute approximate surface area is 517 Å². The summed E-state index contributed by atoms with van der Waals surface area (Å²) in [5.74, 6) is -0.884. The quantitative estimate of drug-likeness (QED) is 0.0261. The van der Waals surface area contributed by atoms with Crippen molar-refractivity contribution in [1.29, 1.82) is 0 Å². The zero-order valence-electron chi connectivity index (χ0n) is 55.7. The molecule has 0 radical (unpaired) electrons. The van der Waals surface area contributed by atoms with E-state index >= 15 is 0 Å². The molecule has 0 aliphatic carbocycles. The molecule has 0 amide bonds. The normalized spacial score (nSPS) is 12.4. The van der Waals surface area contributed by atoms with Crippen LogP contribution in [0.1, 0.15) is 393 Å². The van der Waals surface area contributed by atoms with Gasteiger partial charge in [0, 0.05) is 19.3 Å². The van der Waals surface area contributed by atoms with Crippen LogP contribution in [0.4, 0.5) is 0 Å². The summed E-state index contributed by atoms with van der Waals surface area (Å²) in [7, 11) is 0. The standard InChI is InChI=1S/C77H140O6/c1-4-7-10-13-16-19-22-25-28-31-33-34-35-36-37-38-39-40-41-42-43-45-46-49-52-55-58-61-64-67-70-76(79)82-73-74(72-81-75(78)69-66-63-60-57-54-51-48-30-27-24-21-18-15-12-9-6-3)83-77(80)71-68-65-62-59-56-53-50-47-44-32-29-26-23-20-17-14-11-8-5-2/h17,20-21,24,26,29-30,44,47-48,74H,4-16,18-19,22-23,25,27-28,31-43,45-46,49-73H2,1-3H3/b20-17-,24-21-,29-26-,47-44-,48-30-. The Kier molecular flexibility index (Phi) is 69.1. The zero-order chi connectivity index (χ0) is 59.9. The molecule has 0 bridgehead atoms. The smallest absolute Gasteiger partial charge is 0.306 e. The number of hydrogen-bond acceptors (Lipinski definition) is 6. The lowest BCUT2D eigenvalue weighted by atomic mass is 10.0. The molecule has 0 aliphatic rings. The van der Waals surface area contributed by atoms with E-state index in [1.54, 1.807) is 0 Å². The maximum absolute atomic E-state index is 13.0. The number of hydrogen-bond donors (Lipinski definition) is 0. The number of rotatable bonds is 68. The number of esters is 3. The first kappa shape index (κ1) is 80.1. The third kappa shape index (κ3) is 69.8. The lowest BCUT2D eigenvalue weighted by Crippen LogP contribution is -2.30. The van der Waals surface area contributed by atoms with E-state index in [2.05, 4.69) is 81.5 Å². The fourth-order valence-corrected chi connectivity index (χ4v) is 11.0. The van der Waals surface area contributed by atoms with E-state index in [0.717, 1.165) is 103 Å². The van der Waals surface area contributed by atoms with Crippen molar-refractivity contribution in [3.8, 4) is 0 Å². The van der Waals surface area contributed by atoms with Gasteiger partial charge in [0.15, 0.2) is 6.10 Å². The van der Waals surface area contributed by atoms with Gasteiger partial charge < -0.3 is 14.2 Å². The van der Waals surface area contributed by atoms with Crippen LogP contribution >= 0.6 is 0 Å². The number of carbonyl (C=O) groups excluding carboxylic acids is 3. The van der Waals surface area contributed by atoms with E-state index < -0.39 is 6.10 Å². The molecule has 0 saturated carbocycles. The summed E-state index contributed by atoms with van der Waals surface area (Å²) in [6.45, 7) is 6.64. The third-order valence-corrected chi connectivity index (χ3v) is 16.5. The second-order valence-electron chi connectivity index (χ2n) is 24.9. The fraction of sp³-hybridized carbons (Fsp3) is 0.831. The van der Waals surface area contributed by atoms with Gasteiger partial charge in [-0.15, -0.1) is 0 Å². The molecule has 0 spiro atoms. The minimum Gasteiger partial charge on any atom is -0.462 e. The topological polar surface area (TPSA) is 78.9 Å². The second kappa shape index (κ2) is 71.6. The van der Waals surface area contributed by atoms with E-state index in [9.17, 15) is 14.4 Å². The summed E-state index contributed by atoms with van der Waals surface area (Å²) < 4.78 is 17.0. The van der Waals surface area contributed by atoms with Gasteiger partial charge in [-0.05, 0) is 89.9 Å². The maximum Gasteiger partial charge on any atom is 0.306 e. The molecule has 83 heavy (non-hydrogen) atoms. The van der Waals surface area contributed by atoms with Crippen molar-refractivity contribution in [1.82, 2.24) is 0 Å². The number of unbranched alkanes of at least 4 members (excludes halogenated alkanes) is 47. The molecule has 0 N–H and O–H groups in total. The van der Waals surface area contributed by atoms with Gasteiger partial charge in [0.25, 0.3) is 0 Å². The number of allylic oxidation sites excluding steroid dienone is 10. The predicted molar refractivity (Wildman–Crippen MR) is 362 cm³/mol. The van der Waals surface area contributed by atoms with Crippen LogP contribution < -0.4 is 0 Å². The Morgan fingerprint density at radius 3 is 0.711 bits per heavy atom. The molecule has 0 aromatic rings. The van der Waals surface area contributed by atoms with Gasteiger partial charge in [-0.2, -0.15) is 0 Å². The van der Waals surface area contributed by atoms with Crippen molar-refractivity contribution in [2.45, 2.75) is 399 Å². The van der Waals surface area contributed by atoms with Crippen LogP contribution in [0.15, 0.2) is 60.8 Å². The van der Waals surface area contributed by atoms with Crippen molar-refractivity contribution in [2.24, 2.45) is 0 Å². The SMILES string of the molecule is CCCCC/C=C\C/C=C\C/C=C\CCCCCCCCC(=O)OC(COC(=O)CCCCCCC/C=C\C/C=C\CCCCCC)COC(=O)CCCCCCCCCCCCCCCCCCCCCCCCCCCCCCCC. The minimum atomic E-state index is -0.788. The predicted octanol–water partition coefficient (Wildman–Crippen LogP) is 25.5. The summed E-state index contributed by atoms with van der Waals surface area (Å²) in [6.07, 6.45) is 92.6. The average Bonchev–Trinajstić information content (AvgIpc) is 3.49. The van der Waals surface area contributed by atoms with Crippen molar-refractivity contribution in [3.63, 3.8) is 0 Å². The Hall–Kier alpha value is -2.89. The van der Waals surface area contributed by atoms with Crippen molar-refractivity contribution in [2.75, 3.05) is 13.2 Å². The van der Waals surface area contributed by atoms with E-state index in [4.69, 9.17) is 14.2 Å². The highest BCUT2D eigenvalue weighted by atomic mass is 16.6. The molecule has 0 heterocycles. The molecule has 0 aliphatic heterocycles. The highest BCUT2D eigenvalue weighted by Gasteiger charge is 2.19. The molecular weight excluding hydrogens is 1020 g/mol. The molecule has 0 aromatic heterocycles. The first-order valence-corrected chi connectivity index (χ1v) is 36.8. The first-order valence-electron chi connectivity index (χ1n) is 36.8. The molecule has 0 fully saturated rings. The summed E-state index contributed by atoms with van der Waals surface area (Å²) in [4.78, 5) is 38.5. The molecule has 1 atom stereocenters. The summed E-state index contributed by atoms with van der Waals surface area (Å²) in [5, 5.41) is 0. The molecule has 1 unspecified atom stereocenters. The maximum atomic E-state index is 13.0. The van der Waals surface area contributed by atoms with Crippen LogP contribution in [0.2, 0.25) is 0 Å². The summed E-state index contributed by atoms with van der Waals surface area (Å²) >= 11 is 0. The van der Waals surface area contributed by atoms with Gasteiger partial charge in [-0.25, -0.2) is 0 Å². The molecule has 0 rings (SSSR count). The monoisotopic (exact) mass is 1160 g/mol. The van der Waals surface area contributed by atoms with E-state index in [1.165, 1.54) is 250 Å². The molecule has 0 saturated heterocycles. The summed E-state index contributed by atoms with van der Waals surface area (Å²) in [6, 6.07) is 0. The van der Waals surface area contributed by atoms with Gasteiger partial charge in [0.05, 0.1) is 0 Å². The van der Waals surface area contributed by atoms with E-state index in [0.29, 0.717) is 19.3 Å². The third-order valence-electron chi connectivity index (χ3n) is 16.5. The Bertz CT molecular complexity index is 1470. The zero-order valence-corrected chi connectivity index (χ0v) is 55.7. The van der Waals surface area contributed by atoms with Gasteiger partial charge >= 0.3 is 17.9 Å². The largest absolute Gasteiger partial charge is 0.462 e. The van der Waals surface area contributed by atoms with Gasteiger partial charge in [0.2, 0.25) is 0 Å².